The zero-order valence-electron chi connectivity index (χ0n) is 6.43. The van der Waals surface area contributed by atoms with Gasteiger partial charge in [0.25, 0.3) is 0 Å². The number of thioether (sulfide) groups is 4. The average molecular weight is 578 g/mol. The van der Waals surface area contributed by atoms with Gasteiger partial charge in [-0.05, 0) is 0 Å². The molecule has 6 heteroatoms. The summed E-state index contributed by atoms with van der Waals surface area (Å²) in [6, 6.07) is 0. The van der Waals surface area contributed by atoms with Gasteiger partial charge in [-0.2, -0.15) is 0 Å². The van der Waals surface area contributed by atoms with E-state index in [9.17, 15) is 0 Å². The second kappa shape index (κ2) is 10.3. The molecule has 1 aliphatic rings. The van der Waals surface area contributed by atoms with E-state index in [0.717, 1.165) is 0 Å². The summed E-state index contributed by atoms with van der Waals surface area (Å²) in [6.45, 7) is 0. The maximum atomic E-state index is 3.82. The van der Waals surface area contributed by atoms with Crippen LogP contribution in [0.2, 0.25) is 0 Å². The molecule has 1 rings (SSSR count). The van der Waals surface area contributed by atoms with E-state index in [1.54, 1.807) is 23.5 Å². The summed E-state index contributed by atoms with van der Waals surface area (Å²) >= 11 is 7.47. The first-order chi connectivity index (χ1) is 4.86. The summed E-state index contributed by atoms with van der Waals surface area (Å²) in [5.41, 5.74) is 0. The Kier molecular flexibility index (Phi) is 14.7. The first kappa shape index (κ1) is 17.2. The molecule has 2 unspecified atom stereocenters. The molecular weight excluding hydrogens is 568 g/mol. The predicted molar refractivity (Wildman–Crippen MR) is 58.4 cm³/mol. The minimum absolute atomic E-state index is 0. The second-order valence-electron chi connectivity index (χ2n) is 1.86. The van der Waals surface area contributed by atoms with Gasteiger partial charge in [0.1, 0.15) is 0 Å². The first-order valence-corrected chi connectivity index (χ1v) is 7.11. The minimum Gasteiger partial charge on any atom is -0.340 e. The van der Waals surface area contributed by atoms with E-state index in [4.69, 9.17) is 0 Å². The maximum Gasteiger partial charge on any atom is 0.0297 e. The number of rotatable bonds is 2. The van der Waals surface area contributed by atoms with Crippen LogP contribution in [0, 0.1) is 12.5 Å². The molecule has 1 fully saturated rings. The van der Waals surface area contributed by atoms with Gasteiger partial charge in [0.2, 0.25) is 0 Å². The fourth-order valence-corrected chi connectivity index (χ4v) is 5.13. The molecule has 0 radical (unpaired) electrons. The molecule has 0 bridgehead atoms. The molecule has 0 nitrogen and oxygen atoms in total. The Morgan fingerprint density at radius 1 is 0.917 bits per heavy atom. The van der Waals surface area contributed by atoms with Crippen molar-refractivity contribution in [1.29, 1.82) is 0 Å². The number of hydrogen-bond acceptors (Lipinski definition) is 4. The van der Waals surface area contributed by atoms with Crippen molar-refractivity contribution in [3.63, 3.8) is 0 Å². The zero-order valence-corrected chi connectivity index (χ0v) is 15.6. The van der Waals surface area contributed by atoms with Crippen LogP contribution in [-0.4, -0.2) is 20.7 Å². The monoisotopic (exact) mass is 578 g/mol. The van der Waals surface area contributed by atoms with E-state index in [1.165, 1.54) is 11.5 Å². The van der Waals surface area contributed by atoms with Crippen LogP contribution in [0.5, 0.6) is 0 Å². The normalized spacial score (nSPS) is 28.5. The molecule has 1 heterocycles. The van der Waals surface area contributed by atoms with Crippen molar-refractivity contribution in [2.45, 2.75) is 9.16 Å². The van der Waals surface area contributed by atoms with E-state index in [-0.39, 0.29) is 42.1 Å². The standard InChI is InChI=1S/C6H10S4.2W/c1-7-5-3-10-6(8-2)4-9-5;;/h5-6H,1-4H2;;/q-2;;. The smallest absolute Gasteiger partial charge is 0.0297 e. The van der Waals surface area contributed by atoms with Gasteiger partial charge >= 0.3 is 0 Å². The fourth-order valence-electron chi connectivity index (χ4n) is 0.660. The molecule has 0 aromatic rings. The first-order valence-electron chi connectivity index (χ1n) is 2.91. The van der Waals surface area contributed by atoms with Crippen LogP contribution in [0.1, 0.15) is 0 Å². The molecule has 0 aliphatic carbocycles. The quantitative estimate of drug-likeness (QED) is 0.462. The van der Waals surface area contributed by atoms with Crippen LogP contribution >= 0.6 is 47.0 Å². The molecule has 1 aliphatic heterocycles. The zero-order chi connectivity index (χ0) is 7.40. The van der Waals surface area contributed by atoms with Crippen LogP contribution < -0.4 is 0 Å². The molecule has 0 amide bonds. The van der Waals surface area contributed by atoms with Gasteiger partial charge in [0.05, 0.1) is 0 Å². The van der Waals surface area contributed by atoms with Crippen molar-refractivity contribution in [3.05, 3.63) is 12.5 Å². The van der Waals surface area contributed by atoms with Crippen molar-refractivity contribution in [2.24, 2.45) is 0 Å². The Hall–Kier alpha value is 2.78. The van der Waals surface area contributed by atoms with Crippen molar-refractivity contribution in [2.75, 3.05) is 11.5 Å². The minimum atomic E-state index is 0. The van der Waals surface area contributed by atoms with Crippen LogP contribution in [0.4, 0.5) is 0 Å². The number of hydrogen-bond donors (Lipinski definition) is 0. The average Bonchev–Trinajstić information content (AvgIpc) is 2.05. The molecule has 1 saturated heterocycles. The maximum absolute atomic E-state index is 3.82. The second-order valence-corrected chi connectivity index (χ2v) is 6.73. The summed E-state index contributed by atoms with van der Waals surface area (Å²) < 4.78 is 1.43. The third-order valence-corrected chi connectivity index (χ3v) is 6.89. The van der Waals surface area contributed by atoms with Crippen molar-refractivity contribution >= 4 is 47.0 Å². The van der Waals surface area contributed by atoms with Gasteiger partial charge in [-0.15, -0.1) is 23.5 Å². The molecular formula is C6H10S4W2-2. The van der Waals surface area contributed by atoms with Crippen molar-refractivity contribution in [1.82, 2.24) is 0 Å². The van der Waals surface area contributed by atoms with E-state index in [2.05, 4.69) is 12.5 Å². The van der Waals surface area contributed by atoms with Gasteiger partial charge in [0, 0.05) is 62.8 Å². The van der Waals surface area contributed by atoms with E-state index < -0.39 is 0 Å². The molecule has 0 spiro atoms. The summed E-state index contributed by atoms with van der Waals surface area (Å²) in [4.78, 5) is 0. The topological polar surface area (TPSA) is 0 Å². The Bertz CT molecular complexity index is 83.5. The molecule has 0 aromatic carbocycles. The molecule has 0 aromatic heterocycles. The van der Waals surface area contributed by atoms with Gasteiger partial charge in [0.15, 0.2) is 0 Å². The molecule has 0 N–H and O–H groups in total. The molecule has 12 heavy (non-hydrogen) atoms. The van der Waals surface area contributed by atoms with Gasteiger partial charge in [-0.3, -0.25) is 12.5 Å². The summed E-state index contributed by atoms with van der Waals surface area (Å²) in [5.74, 6) is 2.46. The molecule has 72 valence electrons. The Balaban J connectivity index is 0. The van der Waals surface area contributed by atoms with Gasteiger partial charge < -0.3 is 23.5 Å². The largest absolute Gasteiger partial charge is 0.340 e. The SMILES string of the molecule is [CH2-]SC1CSC(S[CH2-])CS1.[W].[W]. The Labute approximate surface area is 121 Å². The summed E-state index contributed by atoms with van der Waals surface area (Å²) in [6.07, 6.45) is 7.64. The third-order valence-electron chi connectivity index (χ3n) is 1.21. The van der Waals surface area contributed by atoms with Gasteiger partial charge in [-0.1, -0.05) is 0 Å². The summed E-state index contributed by atoms with van der Waals surface area (Å²) in [7, 11) is 0. The van der Waals surface area contributed by atoms with E-state index in [1.807, 2.05) is 23.5 Å². The Morgan fingerprint density at radius 2 is 1.25 bits per heavy atom. The van der Waals surface area contributed by atoms with Crippen LogP contribution in [0.25, 0.3) is 0 Å². The van der Waals surface area contributed by atoms with E-state index in [0.29, 0.717) is 9.16 Å². The van der Waals surface area contributed by atoms with Crippen LogP contribution in [0.15, 0.2) is 0 Å². The van der Waals surface area contributed by atoms with Crippen LogP contribution in [0.3, 0.4) is 0 Å². The van der Waals surface area contributed by atoms with Crippen molar-refractivity contribution in [3.8, 4) is 0 Å². The predicted octanol–water partition coefficient (Wildman–Crippen LogP) is 3.16. The van der Waals surface area contributed by atoms with Crippen molar-refractivity contribution < 1.29 is 42.1 Å². The molecule has 2 atom stereocenters. The Morgan fingerprint density at radius 3 is 1.42 bits per heavy atom. The molecule has 0 saturated carbocycles. The summed E-state index contributed by atoms with van der Waals surface area (Å²) in [5, 5.41) is 0. The van der Waals surface area contributed by atoms with Gasteiger partial charge in [-0.25, -0.2) is 0 Å². The van der Waals surface area contributed by atoms with E-state index >= 15 is 0 Å². The van der Waals surface area contributed by atoms with Crippen LogP contribution in [-0.2, 0) is 42.1 Å². The third kappa shape index (κ3) is 6.30. The fraction of sp³-hybridized carbons (Fsp3) is 0.667.